The summed E-state index contributed by atoms with van der Waals surface area (Å²) in [6, 6.07) is 4.43. The molecule has 0 unspecified atom stereocenters. The molecule has 5 rings (SSSR count). The maximum atomic E-state index is 13.4. The van der Waals surface area contributed by atoms with Crippen molar-refractivity contribution < 1.29 is 14.0 Å². The number of nitrogens with zero attached hydrogens (tertiary/aromatic N) is 5. The first kappa shape index (κ1) is 21.3. The molecule has 0 aromatic carbocycles. The fraction of sp³-hybridized carbons (Fsp3) is 0.435. The van der Waals surface area contributed by atoms with E-state index in [1.807, 2.05) is 20.8 Å². The van der Waals surface area contributed by atoms with Gasteiger partial charge in [-0.05, 0) is 31.4 Å². The van der Waals surface area contributed by atoms with E-state index in [0.717, 1.165) is 25.5 Å². The highest BCUT2D eigenvalue weighted by Crippen LogP contribution is 2.33. The van der Waals surface area contributed by atoms with E-state index < -0.39 is 11.7 Å². The topological polar surface area (TPSA) is 102 Å². The van der Waals surface area contributed by atoms with Gasteiger partial charge in [-0.25, -0.2) is 9.37 Å². The van der Waals surface area contributed by atoms with E-state index in [-0.39, 0.29) is 47.5 Å². The second-order valence-corrected chi connectivity index (χ2v) is 9.70. The van der Waals surface area contributed by atoms with Gasteiger partial charge in [-0.2, -0.15) is 9.61 Å². The lowest BCUT2D eigenvalue weighted by Gasteiger charge is -2.34. The van der Waals surface area contributed by atoms with Crippen molar-refractivity contribution in [3.63, 3.8) is 0 Å². The molecule has 9 nitrogen and oxygen atoms in total. The molecule has 2 amide bonds. The number of carbonyl (C=O) groups is 2. The van der Waals surface area contributed by atoms with Crippen LogP contribution in [0, 0.1) is 5.82 Å². The molecule has 0 atom stereocenters. The van der Waals surface area contributed by atoms with Crippen LogP contribution >= 0.6 is 0 Å². The van der Waals surface area contributed by atoms with Gasteiger partial charge in [0.25, 0.3) is 11.5 Å². The van der Waals surface area contributed by atoms with Crippen LogP contribution < -0.4 is 10.9 Å². The van der Waals surface area contributed by atoms with E-state index in [9.17, 15) is 18.8 Å². The number of halogens is 1. The number of amides is 2. The lowest BCUT2D eigenvalue weighted by Crippen LogP contribution is -2.40. The fourth-order valence-electron chi connectivity index (χ4n) is 4.28. The van der Waals surface area contributed by atoms with Crippen LogP contribution in [-0.4, -0.2) is 41.9 Å². The monoisotopic (exact) mass is 452 g/mol. The van der Waals surface area contributed by atoms with Crippen molar-refractivity contribution in [2.75, 3.05) is 5.32 Å². The highest BCUT2D eigenvalue weighted by Gasteiger charge is 2.40. The number of aromatic nitrogens is 4. The van der Waals surface area contributed by atoms with Crippen LogP contribution in [0.3, 0.4) is 0 Å². The first-order valence-electron chi connectivity index (χ1n) is 11.0. The molecule has 3 aromatic rings. The molecule has 1 N–H and O–H groups in total. The largest absolute Gasteiger partial charge is 0.330 e. The predicted octanol–water partition coefficient (Wildman–Crippen LogP) is 2.47. The fourth-order valence-corrected chi connectivity index (χ4v) is 4.28. The summed E-state index contributed by atoms with van der Waals surface area (Å²) in [5.74, 6) is -0.999. The van der Waals surface area contributed by atoms with Crippen molar-refractivity contribution in [1.82, 2.24) is 24.1 Å². The summed E-state index contributed by atoms with van der Waals surface area (Å²) in [5.41, 5.74) is 0.999. The Hall–Kier alpha value is -3.56. The molecule has 0 bridgehead atoms. The molecule has 3 aromatic heterocycles. The van der Waals surface area contributed by atoms with Crippen molar-refractivity contribution in [3.05, 3.63) is 57.5 Å². The molecule has 0 saturated heterocycles. The minimum absolute atomic E-state index is 0.118. The SMILES string of the molecule is CC(C)(C)c1cc2n(CC(=O)Nc3ccc(F)cn3)c3c(c(=O)n2n1)CN(C1CCC1)C3=O. The molecule has 0 spiro atoms. The lowest BCUT2D eigenvalue weighted by molar-refractivity contribution is -0.116. The molecule has 1 aliphatic heterocycles. The highest BCUT2D eigenvalue weighted by atomic mass is 19.1. The van der Waals surface area contributed by atoms with Gasteiger partial charge >= 0.3 is 0 Å². The summed E-state index contributed by atoms with van der Waals surface area (Å²) >= 11 is 0. The maximum absolute atomic E-state index is 13.4. The average molecular weight is 452 g/mol. The molecule has 10 heteroatoms. The zero-order chi connectivity index (χ0) is 23.5. The Bertz CT molecular complexity index is 1330. The van der Waals surface area contributed by atoms with Crippen molar-refractivity contribution >= 4 is 23.3 Å². The Kier molecular flexibility index (Phi) is 4.84. The minimum Gasteiger partial charge on any atom is -0.330 e. The third kappa shape index (κ3) is 3.59. The molecular weight excluding hydrogens is 427 g/mol. The Morgan fingerprint density at radius 2 is 2.00 bits per heavy atom. The molecule has 0 radical (unpaired) electrons. The summed E-state index contributed by atoms with van der Waals surface area (Å²) in [5, 5.41) is 7.15. The van der Waals surface area contributed by atoms with Crippen LogP contribution in [-0.2, 0) is 23.3 Å². The van der Waals surface area contributed by atoms with Crippen LogP contribution in [0.15, 0.2) is 29.2 Å². The van der Waals surface area contributed by atoms with Crippen LogP contribution in [0.2, 0.25) is 0 Å². The van der Waals surface area contributed by atoms with E-state index in [1.165, 1.54) is 16.6 Å². The smallest absolute Gasteiger partial charge is 0.280 e. The second-order valence-electron chi connectivity index (χ2n) is 9.70. The Morgan fingerprint density at radius 1 is 1.24 bits per heavy atom. The van der Waals surface area contributed by atoms with Gasteiger partial charge in [-0.3, -0.25) is 14.4 Å². The van der Waals surface area contributed by atoms with Gasteiger partial charge in [0.2, 0.25) is 5.91 Å². The van der Waals surface area contributed by atoms with E-state index in [0.29, 0.717) is 16.9 Å². The van der Waals surface area contributed by atoms with E-state index in [2.05, 4.69) is 15.4 Å². The summed E-state index contributed by atoms with van der Waals surface area (Å²) in [6.45, 7) is 5.94. The normalized spacial score (nSPS) is 16.2. The number of hydrogen-bond acceptors (Lipinski definition) is 5. The van der Waals surface area contributed by atoms with E-state index in [4.69, 9.17) is 0 Å². The van der Waals surface area contributed by atoms with Crippen LogP contribution in [0.1, 0.15) is 61.8 Å². The number of pyridine rings is 1. The number of carbonyl (C=O) groups excluding carboxylic acids is 2. The second kappa shape index (κ2) is 7.50. The van der Waals surface area contributed by atoms with Crippen LogP contribution in [0.5, 0.6) is 0 Å². The van der Waals surface area contributed by atoms with Gasteiger partial charge in [-0.1, -0.05) is 20.8 Å². The van der Waals surface area contributed by atoms with Crippen molar-refractivity contribution in [3.8, 4) is 0 Å². The van der Waals surface area contributed by atoms with Gasteiger partial charge in [0.1, 0.15) is 29.5 Å². The number of anilines is 1. The number of nitrogens with one attached hydrogen (secondary N) is 1. The third-order valence-corrected chi connectivity index (χ3v) is 6.35. The van der Waals surface area contributed by atoms with Crippen molar-refractivity contribution in [2.24, 2.45) is 0 Å². The van der Waals surface area contributed by atoms with Crippen molar-refractivity contribution in [1.29, 1.82) is 0 Å². The molecule has 33 heavy (non-hydrogen) atoms. The van der Waals surface area contributed by atoms with E-state index in [1.54, 1.807) is 15.5 Å². The minimum atomic E-state index is -0.511. The molecule has 1 fully saturated rings. The summed E-state index contributed by atoms with van der Waals surface area (Å²) in [4.78, 5) is 45.2. The van der Waals surface area contributed by atoms with Gasteiger partial charge in [0.15, 0.2) is 0 Å². The quantitative estimate of drug-likeness (QED) is 0.655. The first-order chi connectivity index (χ1) is 15.6. The number of hydrogen-bond donors (Lipinski definition) is 1. The third-order valence-electron chi connectivity index (χ3n) is 6.35. The molecule has 1 aliphatic carbocycles. The van der Waals surface area contributed by atoms with E-state index >= 15 is 0 Å². The summed E-state index contributed by atoms with van der Waals surface area (Å²) < 4.78 is 16.0. The molecular formula is C23H25FN6O3. The van der Waals surface area contributed by atoms with Crippen LogP contribution in [0.25, 0.3) is 5.65 Å². The molecule has 172 valence electrons. The first-order valence-corrected chi connectivity index (χ1v) is 11.0. The highest BCUT2D eigenvalue weighted by molar-refractivity contribution is 5.98. The zero-order valence-electron chi connectivity index (χ0n) is 18.8. The van der Waals surface area contributed by atoms with Gasteiger partial charge in [0.05, 0.1) is 24.0 Å². The van der Waals surface area contributed by atoms with Gasteiger partial charge in [-0.15, -0.1) is 0 Å². The molecule has 1 saturated carbocycles. The van der Waals surface area contributed by atoms with Crippen LogP contribution in [0.4, 0.5) is 10.2 Å². The standard InChI is InChI=1S/C23H25FN6O3/c1-23(2,3)16-9-19-29(12-18(31)26-17-8-7-13(24)10-25-17)20-15(21(32)30(19)27-16)11-28(22(20)33)14-5-4-6-14/h7-10,14H,4-6,11-12H2,1-3H3,(H,25,26,31). The average Bonchev–Trinajstić information content (AvgIpc) is 3.29. The Labute approximate surface area is 189 Å². The zero-order valence-corrected chi connectivity index (χ0v) is 18.8. The van der Waals surface area contributed by atoms with Crippen molar-refractivity contribution in [2.45, 2.75) is 64.6 Å². The number of fused-ring (bicyclic) bond motifs is 2. The lowest BCUT2D eigenvalue weighted by atomic mass is 9.92. The summed E-state index contributed by atoms with van der Waals surface area (Å²) in [6.07, 6.45) is 3.89. The Balaban J connectivity index is 1.60. The van der Waals surface area contributed by atoms with Gasteiger partial charge in [0, 0.05) is 17.5 Å². The molecule has 4 heterocycles. The predicted molar refractivity (Wildman–Crippen MR) is 118 cm³/mol. The van der Waals surface area contributed by atoms with Gasteiger partial charge < -0.3 is 14.8 Å². The Morgan fingerprint density at radius 3 is 2.61 bits per heavy atom. The maximum Gasteiger partial charge on any atom is 0.280 e. The molecule has 2 aliphatic rings. The number of rotatable bonds is 4. The summed E-state index contributed by atoms with van der Waals surface area (Å²) in [7, 11) is 0.